The van der Waals surface area contributed by atoms with E-state index in [1.807, 2.05) is 74.5 Å². The largest absolute Gasteiger partial charge is 0.481 e. The van der Waals surface area contributed by atoms with E-state index >= 15 is 0 Å². The Bertz CT molecular complexity index is 1010. The Labute approximate surface area is 164 Å². The summed E-state index contributed by atoms with van der Waals surface area (Å²) in [5, 5.41) is 2.10. The van der Waals surface area contributed by atoms with Gasteiger partial charge in [-0.3, -0.25) is 20.4 Å². The molecular weight excluding hydrogens is 352 g/mol. The molecule has 144 valence electrons. The lowest BCUT2D eigenvalue weighted by Gasteiger charge is -2.17. The van der Waals surface area contributed by atoms with Crippen LogP contribution in [0.4, 0.5) is 0 Å². The van der Waals surface area contributed by atoms with Gasteiger partial charge in [0.1, 0.15) is 5.75 Å². The number of hydrogen-bond donors (Lipinski definition) is 2. The first-order chi connectivity index (χ1) is 13.5. The highest BCUT2D eigenvalue weighted by Crippen LogP contribution is 2.22. The lowest BCUT2D eigenvalue weighted by Crippen LogP contribution is -2.47. The van der Waals surface area contributed by atoms with Gasteiger partial charge in [-0.1, -0.05) is 54.6 Å². The first kappa shape index (κ1) is 19.4. The predicted molar refractivity (Wildman–Crippen MR) is 110 cm³/mol. The Kier molecular flexibility index (Phi) is 5.94. The van der Waals surface area contributed by atoms with Crippen LogP contribution < -0.4 is 15.6 Å². The quantitative estimate of drug-likeness (QED) is 0.669. The summed E-state index contributed by atoms with van der Waals surface area (Å²) < 4.78 is 5.73. The third kappa shape index (κ3) is 4.49. The summed E-state index contributed by atoms with van der Waals surface area (Å²) in [6.45, 7) is 5.58. The number of aryl methyl sites for hydroxylation is 1. The number of fused-ring (bicyclic) bond motifs is 1. The average Bonchev–Trinajstić information content (AvgIpc) is 2.70. The number of nitrogens with one attached hydrogen (secondary N) is 2. The Morgan fingerprint density at radius 3 is 2.46 bits per heavy atom. The van der Waals surface area contributed by atoms with Crippen molar-refractivity contribution in [3.8, 4) is 5.75 Å². The van der Waals surface area contributed by atoms with Crippen molar-refractivity contribution in [2.75, 3.05) is 0 Å². The zero-order chi connectivity index (χ0) is 20.1. The minimum Gasteiger partial charge on any atom is -0.481 e. The molecule has 0 radical (unpaired) electrons. The summed E-state index contributed by atoms with van der Waals surface area (Å²) in [4.78, 5) is 24.5. The molecule has 3 aromatic carbocycles. The lowest BCUT2D eigenvalue weighted by atomic mass is 10.0. The van der Waals surface area contributed by atoms with E-state index in [0.29, 0.717) is 5.75 Å². The summed E-state index contributed by atoms with van der Waals surface area (Å²) in [5.41, 5.74) is 7.90. The first-order valence-electron chi connectivity index (χ1n) is 9.24. The fourth-order valence-electron chi connectivity index (χ4n) is 2.99. The minimum atomic E-state index is -0.738. The molecule has 28 heavy (non-hydrogen) atoms. The van der Waals surface area contributed by atoms with Crippen molar-refractivity contribution in [2.45, 2.75) is 33.3 Å². The summed E-state index contributed by atoms with van der Waals surface area (Å²) in [6, 6.07) is 19.4. The number of carbonyl (C=O) groups is 2. The number of hydrogen-bond acceptors (Lipinski definition) is 3. The van der Waals surface area contributed by atoms with E-state index in [1.54, 1.807) is 6.92 Å². The number of amides is 2. The van der Waals surface area contributed by atoms with Crippen LogP contribution >= 0.6 is 0 Å². The molecule has 0 saturated heterocycles. The molecule has 3 aromatic rings. The highest BCUT2D eigenvalue weighted by Gasteiger charge is 2.17. The first-order valence-corrected chi connectivity index (χ1v) is 9.24. The zero-order valence-corrected chi connectivity index (χ0v) is 16.3. The summed E-state index contributed by atoms with van der Waals surface area (Å²) >= 11 is 0. The van der Waals surface area contributed by atoms with E-state index in [4.69, 9.17) is 4.74 Å². The van der Waals surface area contributed by atoms with Gasteiger partial charge >= 0.3 is 0 Å². The van der Waals surface area contributed by atoms with Gasteiger partial charge in [-0.05, 0) is 54.3 Å². The van der Waals surface area contributed by atoms with Gasteiger partial charge < -0.3 is 4.74 Å². The maximum absolute atomic E-state index is 12.3. The fourth-order valence-corrected chi connectivity index (χ4v) is 2.99. The van der Waals surface area contributed by atoms with Gasteiger partial charge in [0.2, 0.25) is 5.91 Å². The SMILES string of the molecule is Cc1cccc(OC(C)C(=O)NNC(=O)Cc2cccc3ccccc23)c1C. The number of benzene rings is 3. The molecule has 0 saturated carbocycles. The van der Waals surface area contributed by atoms with Gasteiger partial charge in [0.05, 0.1) is 6.42 Å². The van der Waals surface area contributed by atoms with E-state index in [1.165, 1.54) is 0 Å². The number of rotatable bonds is 5. The molecule has 3 rings (SSSR count). The minimum absolute atomic E-state index is 0.174. The van der Waals surface area contributed by atoms with Crippen LogP contribution in [-0.4, -0.2) is 17.9 Å². The van der Waals surface area contributed by atoms with Crippen molar-refractivity contribution in [3.05, 3.63) is 77.4 Å². The van der Waals surface area contributed by atoms with Gasteiger partial charge in [0.15, 0.2) is 6.10 Å². The van der Waals surface area contributed by atoms with Crippen LogP contribution in [0, 0.1) is 13.8 Å². The third-order valence-corrected chi connectivity index (χ3v) is 4.78. The Morgan fingerprint density at radius 1 is 0.929 bits per heavy atom. The van der Waals surface area contributed by atoms with Gasteiger partial charge in [0.25, 0.3) is 5.91 Å². The van der Waals surface area contributed by atoms with Gasteiger partial charge in [-0.25, -0.2) is 0 Å². The zero-order valence-electron chi connectivity index (χ0n) is 16.3. The molecular formula is C23H24N2O3. The molecule has 0 aromatic heterocycles. The molecule has 5 nitrogen and oxygen atoms in total. The standard InChI is InChI=1S/C23H24N2O3/c1-15-8-6-13-21(16(15)2)28-17(3)23(27)25-24-22(26)14-19-11-7-10-18-9-4-5-12-20(18)19/h4-13,17H,14H2,1-3H3,(H,24,26)(H,25,27). The second kappa shape index (κ2) is 8.57. The molecule has 0 heterocycles. The van der Waals surface area contributed by atoms with Crippen molar-refractivity contribution >= 4 is 22.6 Å². The van der Waals surface area contributed by atoms with E-state index < -0.39 is 12.0 Å². The maximum Gasteiger partial charge on any atom is 0.279 e. The van der Waals surface area contributed by atoms with Crippen LogP contribution in [0.3, 0.4) is 0 Å². The molecule has 1 unspecified atom stereocenters. The van der Waals surface area contributed by atoms with Crippen molar-refractivity contribution < 1.29 is 14.3 Å². The van der Waals surface area contributed by atoms with Crippen molar-refractivity contribution in [2.24, 2.45) is 0 Å². The van der Waals surface area contributed by atoms with Crippen LogP contribution in [0.1, 0.15) is 23.6 Å². The van der Waals surface area contributed by atoms with E-state index in [2.05, 4.69) is 10.9 Å². The van der Waals surface area contributed by atoms with E-state index in [0.717, 1.165) is 27.5 Å². The molecule has 0 aliphatic rings. The fraction of sp³-hybridized carbons (Fsp3) is 0.217. The summed E-state index contributed by atoms with van der Waals surface area (Å²) in [5.74, 6) is -0.0412. The monoisotopic (exact) mass is 376 g/mol. The number of hydrazine groups is 1. The van der Waals surface area contributed by atoms with Gasteiger partial charge in [-0.15, -0.1) is 0 Å². The van der Waals surface area contributed by atoms with Crippen LogP contribution in [0.15, 0.2) is 60.7 Å². The smallest absolute Gasteiger partial charge is 0.279 e. The molecule has 5 heteroatoms. The van der Waals surface area contributed by atoms with E-state index in [9.17, 15) is 9.59 Å². The Balaban J connectivity index is 1.56. The number of carbonyl (C=O) groups excluding carboxylic acids is 2. The maximum atomic E-state index is 12.3. The summed E-state index contributed by atoms with van der Waals surface area (Å²) in [7, 11) is 0. The molecule has 0 fully saturated rings. The molecule has 2 N–H and O–H groups in total. The van der Waals surface area contributed by atoms with Crippen molar-refractivity contribution in [3.63, 3.8) is 0 Å². The molecule has 0 bridgehead atoms. The van der Waals surface area contributed by atoms with Gasteiger partial charge in [-0.2, -0.15) is 0 Å². The van der Waals surface area contributed by atoms with Crippen molar-refractivity contribution in [1.29, 1.82) is 0 Å². The second-order valence-electron chi connectivity index (χ2n) is 6.81. The molecule has 1 atom stereocenters. The van der Waals surface area contributed by atoms with Crippen LogP contribution in [-0.2, 0) is 16.0 Å². The topological polar surface area (TPSA) is 67.4 Å². The predicted octanol–water partition coefficient (Wildman–Crippen LogP) is 3.61. The highest BCUT2D eigenvalue weighted by atomic mass is 16.5. The molecule has 0 aliphatic heterocycles. The second-order valence-corrected chi connectivity index (χ2v) is 6.81. The van der Waals surface area contributed by atoms with Gasteiger partial charge in [0, 0.05) is 0 Å². The summed E-state index contributed by atoms with van der Waals surface area (Å²) in [6.07, 6.45) is -0.563. The highest BCUT2D eigenvalue weighted by molar-refractivity contribution is 5.91. The normalized spacial score (nSPS) is 11.7. The van der Waals surface area contributed by atoms with Crippen molar-refractivity contribution in [1.82, 2.24) is 10.9 Å². The average molecular weight is 376 g/mol. The Morgan fingerprint density at radius 2 is 1.64 bits per heavy atom. The Hall–Kier alpha value is -3.34. The molecule has 0 aliphatic carbocycles. The number of ether oxygens (including phenoxy) is 1. The molecule has 0 spiro atoms. The van der Waals surface area contributed by atoms with E-state index in [-0.39, 0.29) is 12.3 Å². The lowest BCUT2D eigenvalue weighted by molar-refractivity contribution is -0.132. The van der Waals surface area contributed by atoms with Crippen LogP contribution in [0.5, 0.6) is 5.75 Å². The third-order valence-electron chi connectivity index (χ3n) is 4.78. The molecule has 2 amide bonds. The van der Waals surface area contributed by atoms with Crippen LogP contribution in [0.25, 0.3) is 10.8 Å². The van der Waals surface area contributed by atoms with Crippen LogP contribution in [0.2, 0.25) is 0 Å².